The van der Waals surface area contributed by atoms with Crippen LogP contribution in [0.2, 0.25) is 0 Å². The number of nitrogens with one attached hydrogen (secondary N) is 2. The van der Waals surface area contributed by atoms with Crippen LogP contribution in [0, 0.1) is 0 Å². The average molecular weight is 362 g/mol. The van der Waals surface area contributed by atoms with Gasteiger partial charge in [0.2, 0.25) is 6.79 Å². The van der Waals surface area contributed by atoms with Crippen molar-refractivity contribution in [3.63, 3.8) is 0 Å². The zero-order valence-electron chi connectivity index (χ0n) is 13.6. The van der Waals surface area contributed by atoms with E-state index >= 15 is 0 Å². The number of fused-ring (bicyclic) bond motifs is 1. The number of ether oxygens (including phenoxy) is 2. The van der Waals surface area contributed by atoms with Crippen LogP contribution in [0.1, 0.15) is 17.4 Å². The summed E-state index contributed by atoms with van der Waals surface area (Å²) in [6.07, 6.45) is 0. The van der Waals surface area contributed by atoms with Crippen molar-refractivity contribution in [1.82, 2.24) is 10.6 Å². The van der Waals surface area contributed by atoms with Gasteiger partial charge in [-0.2, -0.15) is 0 Å². The number of thiophene rings is 1. The van der Waals surface area contributed by atoms with Crippen molar-refractivity contribution in [3.8, 4) is 11.5 Å². The highest BCUT2D eigenvalue weighted by atomic mass is 32.1. The fraction of sp³-hybridized carbons (Fsp3) is 0.294. The molecule has 0 spiro atoms. The van der Waals surface area contributed by atoms with Gasteiger partial charge in [-0.25, -0.2) is 0 Å². The Balaban J connectivity index is 1.54. The summed E-state index contributed by atoms with van der Waals surface area (Å²) in [6.45, 7) is 1.87. The molecule has 0 bridgehead atoms. The molecule has 3 rings (SSSR count). The molecule has 7 nitrogen and oxygen atoms in total. The maximum Gasteiger partial charge on any atom is 0.309 e. The second kappa shape index (κ2) is 7.12. The molecule has 2 amide bonds. The first-order valence-electron chi connectivity index (χ1n) is 7.66. The molecule has 2 heterocycles. The molecule has 0 aliphatic carbocycles. The normalized spacial score (nSPS) is 14.6. The van der Waals surface area contributed by atoms with E-state index in [1.165, 1.54) is 11.3 Å². The van der Waals surface area contributed by atoms with Crippen LogP contribution in [0.4, 0.5) is 0 Å². The van der Waals surface area contributed by atoms with Crippen LogP contribution in [0.15, 0.2) is 35.7 Å². The highest BCUT2D eigenvalue weighted by Gasteiger charge is 2.27. The number of rotatable bonds is 5. The Kier molecular flexibility index (Phi) is 4.91. The Hall–Kier alpha value is -2.58. The van der Waals surface area contributed by atoms with Crippen molar-refractivity contribution in [2.75, 3.05) is 13.3 Å². The number of carbonyl (C=O) groups excluding carboxylic acids is 2. The van der Waals surface area contributed by atoms with Crippen LogP contribution in [-0.4, -0.2) is 30.3 Å². The summed E-state index contributed by atoms with van der Waals surface area (Å²) in [5, 5.41) is 17.5. The van der Waals surface area contributed by atoms with Crippen molar-refractivity contribution < 1.29 is 24.2 Å². The second-order valence-electron chi connectivity index (χ2n) is 5.79. The highest BCUT2D eigenvalue weighted by molar-refractivity contribution is 7.09. The summed E-state index contributed by atoms with van der Waals surface area (Å²) >= 11 is 1.49. The largest absolute Gasteiger partial charge is 0.454 e. The maximum absolute atomic E-state index is 11.9. The van der Waals surface area contributed by atoms with Crippen molar-refractivity contribution in [1.29, 1.82) is 0 Å². The molecule has 3 N–H and O–H groups in total. The van der Waals surface area contributed by atoms with Gasteiger partial charge in [0.25, 0.3) is 0 Å². The third kappa shape index (κ3) is 4.09. The zero-order chi connectivity index (χ0) is 17.9. The number of carbonyl (C=O) groups is 2. The number of aliphatic hydroxyl groups is 1. The van der Waals surface area contributed by atoms with Crippen molar-refractivity contribution in [2.45, 2.75) is 19.1 Å². The molecule has 1 aromatic carbocycles. The van der Waals surface area contributed by atoms with Crippen LogP contribution in [0.5, 0.6) is 11.5 Å². The molecular formula is C17H18N2O5S. The number of amides is 2. The second-order valence-corrected chi connectivity index (χ2v) is 6.82. The van der Waals surface area contributed by atoms with Gasteiger partial charge < -0.3 is 25.2 Å². The predicted octanol–water partition coefficient (Wildman–Crippen LogP) is 1.12. The SMILES string of the molecule is C[C@](O)(CNC(=O)C(=O)NCc1cccs1)c1ccc2c(c1)OCO2. The van der Waals surface area contributed by atoms with Gasteiger partial charge in [0.15, 0.2) is 11.5 Å². The first-order valence-corrected chi connectivity index (χ1v) is 8.54. The molecule has 8 heteroatoms. The van der Waals surface area contributed by atoms with E-state index in [4.69, 9.17) is 9.47 Å². The van der Waals surface area contributed by atoms with Crippen LogP contribution < -0.4 is 20.1 Å². The summed E-state index contributed by atoms with van der Waals surface area (Å²) in [5.41, 5.74) is -0.805. The van der Waals surface area contributed by atoms with E-state index in [1.54, 1.807) is 25.1 Å². The Morgan fingerprint density at radius 3 is 2.72 bits per heavy atom. The molecule has 0 saturated carbocycles. The smallest absolute Gasteiger partial charge is 0.309 e. The first kappa shape index (κ1) is 17.2. The molecule has 0 unspecified atom stereocenters. The molecule has 132 valence electrons. The predicted molar refractivity (Wildman–Crippen MR) is 91.3 cm³/mol. The van der Waals surface area contributed by atoms with Gasteiger partial charge in [-0.05, 0) is 36.1 Å². The third-order valence-electron chi connectivity index (χ3n) is 3.80. The van der Waals surface area contributed by atoms with Crippen molar-refractivity contribution >= 4 is 23.2 Å². The van der Waals surface area contributed by atoms with Crippen LogP contribution in [0.3, 0.4) is 0 Å². The van der Waals surface area contributed by atoms with Crippen LogP contribution in [-0.2, 0) is 21.7 Å². The fourth-order valence-corrected chi connectivity index (χ4v) is 2.97. The molecule has 1 aliphatic rings. The van der Waals surface area contributed by atoms with Crippen LogP contribution >= 0.6 is 11.3 Å². The van der Waals surface area contributed by atoms with Gasteiger partial charge in [-0.1, -0.05) is 12.1 Å². The quantitative estimate of drug-likeness (QED) is 0.693. The van der Waals surface area contributed by atoms with E-state index in [-0.39, 0.29) is 13.3 Å². The van der Waals surface area contributed by atoms with E-state index in [9.17, 15) is 14.7 Å². The lowest BCUT2D eigenvalue weighted by Crippen LogP contribution is -2.45. The minimum Gasteiger partial charge on any atom is -0.454 e. The lowest BCUT2D eigenvalue weighted by molar-refractivity contribution is -0.139. The van der Waals surface area contributed by atoms with Gasteiger partial charge in [0.05, 0.1) is 13.1 Å². The van der Waals surface area contributed by atoms with E-state index in [1.807, 2.05) is 17.5 Å². The molecular weight excluding hydrogens is 344 g/mol. The van der Waals surface area contributed by atoms with E-state index in [0.717, 1.165) is 4.88 Å². The van der Waals surface area contributed by atoms with Gasteiger partial charge in [0.1, 0.15) is 5.60 Å². The Bertz CT molecular complexity index is 773. The average Bonchev–Trinajstić information content (AvgIpc) is 3.27. The number of benzene rings is 1. The molecule has 0 fully saturated rings. The first-order chi connectivity index (χ1) is 12.0. The third-order valence-corrected chi connectivity index (χ3v) is 4.67. The summed E-state index contributed by atoms with van der Waals surface area (Å²) in [7, 11) is 0. The minimum absolute atomic E-state index is 0.113. The molecule has 1 aliphatic heterocycles. The molecule has 1 aromatic heterocycles. The zero-order valence-corrected chi connectivity index (χ0v) is 14.4. The lowest BCUT2D eigenvalue weighted by Gasteiger charge is -2.24. The molecule has 2 aromatic rings. The molecule has 25 heavy (non-hydrogen) atoms. The standard InChI is InChI=1S/C17H18N2O5S/c1-17(22,11-4-5-13-14(7-11)24-10-23-13)9-19-16(21)15(20)18-8-12-3-2-6-25-12/h2-7,22H,8-10H2,1H3,(H,18,20)(H,19,21)/t17-/m0/s1. The molecule has 0 saturated heterocycles. The monoisotopic (exact) mass is 362 g/mol. The summed E-state index contributed by atoms with van der Waals surface area (Å²) < 4.78 is 10.5. The summed E-state index contributed by atoms with van der Waals surface area (Å²) in [6, 6.07) is 8.78. The van der Waals surface area contributed by atoms with Gasteiger partial charge in [-0.15, -0.1) is 11.3 Å². The van der Waals surface area contributed by atoms with E-state index in [0.29, 0.717) is 23.6 Å². The number of hydrogen-bond acceptors (Lipinski definition) is 6. The topological polar surface area (TPSA) is 96.9 Å². The summed E-state index contributed by atoms with van der Waals surface area (Å²) in [5.74, 6) is -0.387. The van der Waals surface area contributed by atoms with E-state index < -0.39 is 17.4 Å². The minimum atomic E-state index is -1.36. The van der Waals surface area contributed by atoms with Crippen LogP contribution in [0.25, 0.3) is 0 Å². The number of hydrogen-bond donors (Lipinski definition) is 3. The van der Waals surface area contributed by atoms with Gasteiger partial charge in [-0.3, -0.25) is 9.59 Å². The highest BCUT2D eigenvalue weighted by Crippen LogP contribution is 2.35. The lowest BCUT2D eigenvalue weighted by atomic mass is 9.95. The summed E-state index contributed by atoms with van der Waals surface area (Å²) in [4.78, 5) is 24.7. The van der Waals surface area contributed by atoms with E-state index in [2.05, 4.69) is 10.6 Å². The van der Waals surface area contributed by atoms with Crippen molar-refractivity contribution in [3.05, 3.63) is 46.2 Å². The maximum atomic E-state index is 11.9. The Morgan fingerprint density at radius 2 is 1.96 bits per heavy atom. The molecule has 1 atom stereocenters. The Morgan fingerprint density at radius 1 is 1.20 bits per heavy atom. The van der Waals surface area contributed by atoms with Gasteiger partial charge >= 0.3 is 11.8 Å². The van der Waals surface area contributed by atoms with Crippen molar-refractivity contribution in [2.24, 2.45) is 0 Å². The molecule has 0 radical (unpaired) electrons. The fourth-order valence-electron chi connectivity index (χ4n) is 2.33. The Labute approximate surface area is 148 Å². The van der Waals surface area contributed by atoms with Gasteiger partial charge in [0, 0.05) is 4.88 Å².